The Kier molecular flexibility index (Phi) is 7.66. The van der Waals surface area contributed by atoms with Gasteiger partial charge in [-0.05, 0) is 30.2 Å². The van der Waals surface area contributed by atoms with E-state index in [1.165, 1.54) is 24.2 Å². The summed E-state index contributed by atoms with van der Waals surface area (Å²) in [6.45, 7) is 2.86. The van der Waals surface area contributed by atoms with Gasteiger partial charge in [0.2, 0.25) is 0 Å². The lowest BCUT2D eigenvalue weighted by Gasteiger charge is -2.11. The number of thiazole rings is 1. The molecule has 5 nitrogen and oxygen atoms in total. The number of rotatable bonds is 10. The van der Waals surface area contributed by atoms with Crippen LogP contribution in [-0.4, -0.2) is 23.1 Å². The monoisotopic (exact) mass is 510 g/mol. The molecule has 0 fully saturated rings. The van der Waals surface area contributed by atoms with E-state index in [0.717, 1.165) is 46.7 Å². The Hall–Kier alpha value is -3.90. The van der Waals surface area contributed by atoms with Crippen molar-refractivity contribution in [3.8, 4) is 34.0 Å². The fourth-order valence-electron chi connectivity index (χ4n) is 4.42. The molecule has 0 radical (unpaired) electrons. The molecule has 0 aliphatic heterocycles. The largest absolute Gasteiger partial charge is 0.493 e. The predicted molar refractivity (Wildman–Crippen MR) is 152 cm³/mol. The first-order chi connectivity index (χ1) is 18.2. The Bertz CT molecular complexity index is 1590. The maximum Gasteiger partial charge on any atom is 0.274 e. The van der Waals surface area contributed by atoms with Gasteiger partial charge >= 0.3 is 0 Å². The van der Waals surface area contributed by atoms with Crippen LogP contribution in [-0.2, 0) is 0 Å². The first-order valence-corrected chi connectivity index (χ1v) is 13.5. The fourth-order valence-corrected chi connectivity index (χ4v) is 5.39. The fraction of sp³-hybridized carbons (Fsp3) is 0.226. The van der Waals surface area contributed by atoms with Crippen LogP contribution in [0.15, 0.2) is 83.7 Å². The standard InChI is InChI=1S/C31H30N2O3S/c1-3-4-5-12-19-36-25-18-17-22(20-26(25)35-2)21-27-30(34)33-29(24-15-10-7-11-16-24)28(32-31(33)37-27)23-13-8-6-9-14-23/h6-11,13-18,20-21H,3-5,12,19H2,1-2H3/b27-21+. The number of fused-ring (bicyclic) bond motifs is 1. The van der Waals surface area contributed by atoms with Crippen LogP contribution in [0.1, 0.15) is 38.2 Å². The summed E-state index contributed by atoms with van der Waals surface area (Å²) in [5.74, 6) is 1.38. The number of aromatic nitrogens is 2. The van der Waals surface area contributed by atoms with E-state index >= 15 is 0 Å². The number of benzene rings is 3. The number of hydrogen-bond acceptors (Lipinski definition) is 5. The molecule has 0 amide bonds. The van der Waals surface area contributed by atoms with Crippen LogP contribution in [0, 0.1) is 0 Å². The Labute approximate surface area is 220 Å². The number of unbranched alkanes of at least 4 members (excludes halogenated alkanes) is 3. The quantitative estimate of drug-likeness (QED) is 0.199. The summed E-state index contributed by atoms with van der Waals surface area (Å²) in [5.41, 5.74) is 4.36. The Morgan fingerprint density at radius 3 is 2.32 bits per heavy atom. The minimum atomic E-state index is -0.0799. The molecule has 188 valence electrons. The lowest BCUT2D eigenvalue weighted by molar-refractivity contribution is 0.285. The van der Waals surface area contributed by atoms with E-state index in [2.05, 4.69) is 6.92 Å². The molecule has 3 aromatic carbocycles. The average molecular weight is 511 g/mol. The molecule has 0 atom stereocenters. The minimum absolute atomic E-state index is 0.0799. The SMILES string of the molecule is CCCCCCOc1ccc(/C=c2/sc3nc(-c4ccccc4)c(-c4ccccc4)n3c2=O)cc1OC. The molecule has 5 aromatic rings. The summed E-state index contributed by atoms with van der Waals surface area (Å²) in [5, 5.41) is 0. The lowest BCUT2D eigenvalue weighted by atomic mass is 10.1. The van der Waals surface area contributed by atoms with Gasteiger partial charge in [-0.1, -0.05) is 104 Å². The van der Waals surface area contributed by atoms with Crippen molar-refractivity contribution in [2.45, 2.75) is 32.6 Å². The van der Waals surface area contributed by atoms with Gasteiger partial charge in [-0.25, -0.2) is 9.38 Å². The van der Waals surface area contributed by atoms with Gasteiger partial charge in [0.1, 0.15) is 0 Å². The van der Waals surface area contributed by atoms with Gasteiger partial charge in [0, 0.05) is 11.1 Å². The average Bonchev–Trinajstić information content (AvgIpc) is 3.46. The van der Waals surface area contributed by atoms with Gasteiger partial charge in [0.25, 0.3) is 5.56 Å². The smallest absolute Gasteiger partial charge is 0.274 e. The van der Waals surface area contributed by atoms with Crippen molar-refractivity contribution in [1.29, 1.82) is 0 Å². The molecular formula is C31H30N2O3S. The summed E-state index contributed by atoms with van der Waals surface area (Å²) in [7, 11) is 1.64. The summed E-state index contributed by atoms with van der Waals surface area (Å²) < 4.78 is 13.9. The molecule has 0 spiro atoms. The summed E-state index contributed by atoms with van der Waals surface area (Å²) in [6.07, 6.45) is 6.49. The van der Waals surface area contributed by atoms with Gasteiger partial charge in [-0.3, -0.25) is 4.79 Å². The number of ether oxygens (including phenoxy) is 2. The van der Waals surface area contributed by atoms with E-state index in [4.69, 9.17) is 14.5 Å². The predicted octanol–water partition coefficient (Wildman–Crippen LogP) is 6.61. The third-order valence-corrected chi connectivity index (χ3v) is 7.27. The molecule has 0 aliphatic carbocycles. The highest BCUT2D eigenvalue weighted by Crippen LogP contribution is 2.33. The maximum absolute atomic E-state index is 13.7. The summed E-state index contributed by atoms with van der Waals surface area (Å²) in [6, 6.07) is 25.7. The van der Waals surface area contributed by atoms with Gasteiger partial charge in [-0.15, -0.1) is 0 Å². The van der Waals surface area contributed by atoms with Crippen LogP contribution in [0.3, 0.4) is 0 Å². The first kappa shape index (κ1) is 24.8. The van der Waals surface area contributed by atoms with Crippen LogP contribution in [0.4, 0.5) is 0 Å². The van der Waals surface area contributed by atoms with Gasteiger partial charge < -0.3 is 9.47 Å². The zero-order valence-electron chi connectivity index (χ0n) is 21.1. The number of hydrogen-bond donors (Lipinski definition) is 0. The van der Waals surface area contributed by atoms with Crippen LogP contribution in [0.25, 0.3) is 33.6 Å². The zero-order chi connectivity index (χ0) is 25.6. The molecule has 6 heteroatoms. The molecule has 0 aliphatic rings. The number of methoxy groups -OCH3 is 1. The van der Waals surface area contributed by atoms with Crippen molar-refractivity contribution in [3.05, 3.63) is 99.3 Å². The molecule has 0 saturated carbocycles. The molecule has 0 unspecified atom stereocenters. The molecule has 37 heavy (non-hydrogen) atoms. The third-order valence-electron chi connectivity index (χ3n) is 6.30. The van der Waals surface area contributed by atoms with Crippen LogP contribution >= 0.6 is 11.3 Å². The highest BCUT2D eigenvalue weighted by Gasteiger charge is 2.20. The van der Waals surface area contributed by atoms with E-state index in [9.17, 15) is 4.79 Å². The highest BCUT2D eigenvalue weighted by atomic mass is 32.1. The Balaban J connectivity index is 1.54. The molecule has 0 bridgehead atoms. The van der Waals surface area contributed by atoms with Crippen molar-refractivity contribution in [1.82, 2.24) is 9.38 Å². The molecule has 2 heterocycles. The van der Waals surface area contributed by atoms with E-state index in [1.807, 2.05) is 84.9 Å². The Morgan fingerprint density at radius 1 is 0.892 bits per heavy atom. The van der Waals surface area contributed by atoms with Crippen LogP contribution in [0.2, 0.25) is 0 Å². The van der Waals surface area contributed by atoms with E-state index in [-0.39, 0.29) is 5.56 Å². The van der Waals surface area contributed by atoms with Crippen molar-refractivity contribution >= 4 is 22.4 Å². The van der Waals surface area contributed by atoms with Crippen LogP contribution < -0.4 is 19.6 Å². The second kappa shape index (κ2) is 11.4. The van der Waals surface area contributed by atoms with E-state index in [1.54, 1.807) is 11.5 Å². The molecule has 2 aromatic heterocycles. The first-order valence-electron chi connectivity index (χ1n) is 12.7. The molecule has 0 N–H and O–H groups in total. The highest BCUT2D eigenvalue weighted by molar-refractivity contribution is 7.15. The van der Waals surface area contributed by atoms with Crippen molar-refractivity contribution in [2.75, 3.05) is 13.7 Å². The van der Waals surface area contributed by atoms with Gasteiger partial charge in [0.15, 0.2) is 16.5 Å². The van der Waals surface area contributed by atoms with Crippen molar-refractivity contribution < 1.29 is 9.47 Å². The number of imidazole rings is 1. The Morgan fingerprint density at radius 2 is 1.62 bits per heavy atom. The number of nitrogens with zero attached hydrogens (tertiary/aromatic N) is 2. The van der Waals surface area contributed by atoms with Crippen LogP contribution in [0.5, 0.6) is 11.5 Å². The maximum atomic E-state index is 13.7. The zero-order valence-corrected chi connectivity index (χ0v) is 22.0. The third kappa shape index (κ3) is 5.30. The summed E-state index contributed by atoms with van der Waals surface area (Å²) >= 11 is 1.39. The van der Waals surface area contributed by atoms with Crippen molar-refractivity contribution in [3.63, 3.8) is 0 Å². The van der Waals surface area contributed by atoms with Gasteiger partial charge in [-0.2, -0.15) is 0 Å². The lowest BCUT2D eigenvalue weighted by Crippen LogP contribution is -2.23. The minimum Gasteiger partial charge on any atom is -0.493 e. The second-order valence-corrected chi connectivity index (χ2v) is 9.90. The summed E-state index contributed by atoms with van der Waals surface area (Å²) in [4.78, 5) is 19.2. The molecular weight excluding hydrogens is 480 g/mol. The molecule has 5 rings (SSSR count). The van der Waals surface area contributed by atoms with Gasteiger partial charge in [0.05, 0.1) is 29.6 Å². The van der Waals surface area contributed by atoms with Crippen molar-refractivity contribution in [2.24, 2.45) is 0 Å². The normalized spacial score (nSPS) is 11.8. The van der Waals surface area contributed by atoms with E-state index in [0.29, 0.717) is 21.8 Å². The topological polar surface area (TPSA) is 52.8 Å². The van der Waals surface area contributed by atoms with E-state index < -0.39 is 0 Å². The second-order valence-electron chi connectivity index (χ2n) is 8.89. The molecule has 0 saturated heterocycles.